The normalized spacial score (nSPS) is 19.0. The molecule has 0 bridgehead atoms. The highest BCUT2D eigenvalue weighted by Crippen LogP contribution is 2.53. The predicted octanol–water partition coefficient (Wildman–Crippen LogP) is 14.4. The number of Topliss-reactive ketones (excluding diaryl/α,β-unsaturated/α-hetero) is 1. The summed E-state index contributed by atoms with van der Waals surface area (Å²) in [5, 5.41) is 13.3. The van der Waals surface area contributed by atoms with Gasteiger partial charge >= 0.3 is 5.97 Å². The molecular formula is C47H87NO6SSi3. The molecule has 1 aliphatic carbocycles. The second-order valence-corrected chi connectivity index (χ2v) is 37.7. The Labute approximate surface area is 363 Å². The second kappa shape index (κ2) is 20.3. The lowest BCUT2D eigenvalue weighted by molar-refractivity contribution is -0.156. The monoisotopic (exact) mass is 878 g/mol. The molecule has 0 radical (unpaired) electrons. The zero-order chi connectivity index (χ0) is 44.9. The average molecular weight is 879 g/mol. The van der Waals surface area contributed by atoms with E-state index < -0.39 is 42.4 Å². The summed E-state index contributed by atoms with van der Waals surface area (Å²) in [6.07, 6.45) is 10.2. The zero-order valence-corrected chi connectivity index (χ0v) is 44.6. The lowest BCUT2D eigenvalue weighted by atomic mass is 9.58. The third-order valence-electron chi connectivity index (χ3n) is 14.6. The molecule has 0 aliphatic heterocycles. The molecule has 0 unspecified atom stereocenters. The van der Waals surface area contributed by atoms with Gasteiger partial charge in [0.2, 0.25) is 0 Å². The quantitative estimate of drug-likeness (QED) is 0.0915. The number of carbonyl (C=O) groups is 2. The number of aromatic nitrogens is 1. The lowest BCUT2D eigenvalue weighted by Gasteiger charge is -2.52. The third kappa shape index (κ3) is 13.9. The number of thiazole rings is 1. The Bertz CT molecular complexity index is 1570. The van der Waals surface area contributed by atoms with Gasteiger partial charge in [-0.25, -0.2) is 4.98 Å². The zero-order valence-electron chi connectivity index (χ0n) is 40.8. The van der Waals surface area contributed by atoms with Gasteiger partial charge in [0.15, 0.2) is 25.0 Å². The number of carbonyl (C=O) groups excluding carboxylic acids is 1. The van der Waals surface area contributed by atoms with Crippen LogP contribution >= 0.6 is 11.3 Å². The number of carboxylic acid groups (broad SMARTS) is 1. The first-order valence-corrected chi connectivity index (χ1v) is 31.9. The fraction of sp³-hybridized carbons (Fsp3) is 0.809. The van der Waals surface area contributed by atoms with E-state index in [2.05, 4.69) is 147 Å². The SMILES string of the molecule is CC[C@@H](C(=O)C1([C@H](CC(=O)O)O[Si](C)(C)C(C)(C)C)CCC1)[C@@H](O[Si](C)(C)C(C)(C)C)[C@@H](C)CCC/C(C)=C/C[C@H](O[Si](C)(C)C(C)(C)C)/C(C)=C/c1csc(C)n1. The van der Waals surface area contributed by atoms with Crippen molar-refractivity contribution in [2.45, 2.75) is 227 Å². The first-order valence-electron chi connectivity index (χ1n) is 22.3. The highest BCUT2D eigenvalue weighted by Gasteiger charge is 2.57. The van der Waals surface area contributed by atoms with Crippen LogP contribution in [-0.4, -0.2) is 65.1 Å². The highest BCUT2D eigenvalue weighted by molar-refractivity contribution is 7.09. The minimum absolute atomic E-state index is 0.0140. The Morgan fingerprint density at radius 2 is 1.41 bits per heavy atom. The molecule has 1 N–H and O–H groups in total. The number of hydrogen-bond donors (Lipinski definition) is 1. The number of rotatable bonds is 22. The van der Waals surface area contributed by atoms with Crippen LogP contribution in [0.2, 0.25) is 54.4 Å². The molecule has 1 aliphatic rings. The van der Waals surface area contributed by atoms with Crippen molar-refractivity contribution in [1.29, 1.82) is 0 Å². The van der Waals surface area contributed by atoms with Crippen LogP contribution in [0.1, 0.15) is 158 Å². The molecule has 5 atom stereocenters. The maximum absolute atomic E-state index is 15.2. The van der Waals surface area contributed by atoms with E-state index in [1.165, 1.54) is 11.1 Å². The number of allylic oxidation sites excluding steroid dienone is 1. The van der Waals surface area contributed by atoms with Gasteiger partial charge in [0.05, 0.1) is 40.8 Å². The Morgan fingerprint density at radius 3 is 1.84 bits per heavy atom. The highest BCUT2D eigenvalue weighted by atomic mass is 32.1. The lowest BCUT2D eigenvalue weighted by Crippen LogP contribution is -2.59. The van der Waals surface area contributed by atoms with Crippen molar-refractivity contribution in [3.63, 3.8) is 0 Å². The van der Waals surface area contributed by atoms with Gasteiger partial charge in [0, 0.05) is 11.3 Å². The van der Waals surface area contributed by atoms with Crippen LogP contribution in [0.4, 0.5) is 0 Å². The van der Waals surface area contributed by atoms with Crippen LogP contribution in [0.15, 0.2) is 22.6 Å². The first-order chi connectivity index (χ1) is 26.2. The van der Waals surface area contributed by atoms with Gasteiger partial charge in [-0.15, -0.1) is 11.3 Å². The van der Waals surface area contributed by atoms with Gasteiger partial charge in [-0.05, 0) is 138 Å². The van der Waals surface area contributed by atoms with Crippen molar-refractivity contribution >= 4 is 54.1 Å². The molecule has 1 aromatic rings. The number of aryl methyl sites for hydroxylation is 1. The molecule has 1 heterocycles. The van der Waals surface area contributed by atoms with E-state index in [1.54, 1.807) is 11.3 Å². The topological polar surface area (TPSA) is 95.0 Å². The molecule has 7 nitrogen and oxygen atoms in total. The number of nitrogens with zero attached hydrogens (tertiary/aromatic N) is 1. The van der Waals surface area contributed by atoms with Crippen LogP contribution in [0, 0.1) is 24.2 Å². The molecule has 2 rings (SSSR count). The molecule has 1 aromatic heterocycles. The molecule has 58 heavy (non-hydrogen) atoms. The van der Waals surface area contributed by atoms with Crippen LogP contribution in [0.25, 0.3) is 6.08 Å². The molecule has 0 aromatic carbocycles. The van der Waals surface area contributed by atoms with E-state index in [0.717, 1.165) is 42.8 Å². The van der Waals surface area contributed by atoms with E-state index in [4.69, 9.17) is 18.3 Å². The molecule has 0 amide bonds. The number of carboxylic acids is 1. The largest absolute Gasteiger partial charge is 0.481 e. The number of ketones is 1. The Balaban J connectivity index is 2.41. The van der Waals surface area contributed by atoms with Crippen LogP contribution < -0.4 is 0 Å². The summed E-state index contributed by atoms with van der Waals surface area (Å²) in [7, 11) is -6.69. The maximum atomic E-state index is 15.2. The fourth-order valence-electron chi connectivity index (χ4n) is 7.28. The Morgan fingerprint density at radius 1 is 0.897 bits per heavy atom. The standard InChI is InChI=1S/C47H87NO6SSi3/c1-21-38(43(51)47(28-23-29-47)40(31-41(49)50)53-57(17,18)45(9,10)11)42(54-58(19,20)46(12,13)14)34(3)25-22-24-33(2)26-27-39(52-56(15,16)44(6,7)8)35(4)30-37-32-55-36(5)48-37/h26,30,32,34,38-40,42H,21-25,27-29,31H2,1-20H3,(H,49,50)/b33-26+,35-30+/t34-,38+,39-,40-,42-/m0/s1. The van der Waals surface area contributed by atoms with Crippen molar-refractivity contribution in [3.05, 3.63) is 33.3 Å². The predicted molar refractivity (Wildman–Crippen MR) is 255 cm³/mol. The smallest absolute Gasteiger partial charge is 0.305 e. The minimum atomic E-state index is -2.37. The number of hydrogen-bond acceptors (Lipinski definition) is 7. The molecule has 0 saturated heterocycles. The second-order valence-electron chi connectivity index (χ2n) is 22.4. The van der Waals surface area contributed by atoms with Gasteiger partial charge in [-0.2, -0.15) is 0 Å². The van der Waals surface area contributed by atoms with Gasteiger partial charge < -0.3 is 18.4 Å². The summed E-state index contributed by atoms with van der Waals surface area (Å²) >= 11 is 1.68. The Kier molecular flexibility index (Phi) is 18.5. The van der Waals surface area contributed by atoms with Gasteiger partial charge in [-0.3, -0.25) is 9.59 Å². The summed E-state index contributed by atoms with van der Waals surface area (Å²) < 4.78 is 21.3. The third-order valence-corrected chi connectivity index (χ3v) is 28.8. The molecule has 1 fully saturated rings. The van der Waals surface area contributed by atoms with Crippen molar-refractivity contribution < 1.29 is 28.0 Å². The molecule has 334 valence electrons. The van der Waals surface area contributed by atoms with Gasteiger partial charge in [-0.1, -0.05) is 94.2 Å². The van der Waals surface area contributed by atoms with Crippen molar-refractivity contribution in [3.8, 4) is 0 Å². The number of aliphatic carboxylic acids is 1. The molecular weight excluding hydrogens is 791 g/mol. The maximum Gasteiger partial charge on any atom is 0.305 e. The first kappa shape index (κ1) is 52.9. The van der Waals surface area contributed by atoms with Gasteiger partial charge in [0.25, 0.3) is 0 Å². The Hall–Kier alpha value is -1.22. The van der Waals surface area contributed by atoms with E-state index >= 15 is 4.79 Å². The summed E-state index contributed by atoms with van der Waals surface area (Å²) in [5.41, 5.74) is 2.77. The summed E-state index contributed by atoms with van der Waals surface area (Å²) in [6.45, 7) is 44.6. The van der Waals surface area contributed by atoms with E-state index in [1.807, 2.05) is 6.92 Å². The summed E-state index contributed by atoms with van der Waals surface area (Å²) in [6, 6.07) is 0. The molecule has 1 saturated carbocycles. The summed E-state index contributed by atoms with van der Waals surface area (Å²) in [4.78, 5) is 32.3. The van der Waals surface area contributed by atoms with Crippen molar-refractivity contribution in [1.82, 2.24) is 4.98 Å². The average Bonchev–Trinajstić information content (AvgIpc) is 3.43. The molecule has 11 heteroatoms. The van der Waals surface area contributed by atoms with Crippen LogP contribution in [0.3, 0.4) is 0 Å². The van der Waals surface area contributed by atoms with Crippen LogP contribution in [-0.2, 0) is 22.9 Å². The minimum Gasteiger partial charge on any atom is -0.481 e. The van der Waals surface area contributed by atoms with Gasteiger partial charge in [0.1, 0.15) is 5.78 Å². The fourth-order valence-corrected chi connectivity index (χ4v) is 12.0. The van der Waals surface area contributed by atoms with Crippen molar-refractivity contribution in [2.24, 2.45) is 17.3 Å². The van der Waals surface area contributed by atoms with Crippen molar-refractivity contribution in [2.75, 3.05) is 0 Å². The van der Waals surface area contributed by atoms with Crippen LogP contribution in [0.5, 0.6) is 0 Å². The van der Waals surface area contributed by atoms with E-state index in [0.29, 0.717) is 19.3 Å². The summed E-state index contributed by atoms with van der Waals surface area (Å²) in [5.74, 6) is -0.916. The molecule has 0 spiro atoms. The van der Waals surface area contributed by atoms with E-state index in [9.17, 15) is 9.90 Å². The van der Waals surface area contributed by atoms with E-state index in [-0.39, 0.29) is 51.4 Å².